The molecule has 3 rings (SSSR count). The maximum absolute atomic E-state index is 9.39. The van der Waals surface area contributed by atoms with Gasteiger partial charge in [-0.2, -0.15) is 0 Å². The van der Waals surface area contributed by atoms with Crippen LogP contribution in [0.15, 0.2) is 30.5 Å². The molecular weight excluding hydrogens is 284 g/mol. The molecule has 0 spiro atoms. The number of hydrogen-bond acceptors (Lipinski definition) is 3. The zero-order valence-corrected chi connectivity index (χ0v) is 14.0. The molecule has 0 fully saturated rings. The van der Waals surface area contributed by atoms with Gasteiger partial charge in [-0.05, 0) is 55.0 Å². The molecular formula is C20H26N2O. The third kappa shape index (κ3) is 4.10. The summed E-state index contributed by atoms with van der Waals surface area (Å²) < 4.78 is 0. The van der Waals surface area contributed by atoms with Crippen molar-refractivity contribution >= 4 is 0 Å². The summed E-state index contributed by atoms with van der Waals surface area (Å²) in [6, 6.07) is 7.11. The van der Waals surface area contributed by atoms with Gasteiger partial charge in [0, 0.05) is 17.5 Å². The molecule has 1 unspecified atom stereocenters. The van der Waals surface area contributed by atoms with Gasteiger partial charge in [0.05, 0.1) is 0 Å². The minimum Gasteiger partial charge on any atom is -0.508 e. The predicted octanol–water partition coefficient (Wildman–Crippen LogP) is 4.92. The van der Waals surface area contributed by atoms with E-state index in [9.17, 15) is 5.11 Å². The molecule has 1 aromatic carbocycles. The second kappa shape index (κ2) is 7.58. The number of rotatable bonds is 6. The second-order valence-electron chi connectivity index (χ2n) is 6.67. The van der Waals surface area contributed by atoms with E-state index >= 15 is 0 Å². The number of hydrogen-bond donors (Lipinski definition) is 1. The lowest BCUT2D eigenvalue weighted by Gasteiger charge is -2.24. The number of aromatic nitrogens is 2. The van der Waals surface area contributed by atoms with Crippen molar-refractivity contribution in [2.24, 2.45) is 5.92 Å². The molecule has 1 atom stereocenters. The van der Waals surface area contributed by atoms with Crippen LogP contribution in [0.1, 0.15) is 56.7 Å². The van der Waals surface area contributed by atoms with E-state index in [2.05, 4.69) is 11.9 Å². The Bertz CT molecular complexity index is 637. The maximum atomic E-state index is 9.39. The molecule has 0 radical (unpaired) electrons. The average molecular weight is 310 g/mol. The molecule has 1 aliphatic rings. The molecule has 0 saturated carbocycles. The van der Waals surface area contributed by atoms with Gasteiger partial charge in [-0.1, -0.05) is 39.0 Å². The van der Waals surface area contributed by atoms with E-state index in [1.54, 1.807) is 12.1 Å². The molecule has 0 amide bonds. The number of aromatic hydroxyl groups is 1. The van der Waals surface area contributed by atoms with Crippen molar-refractivity contribution in [2.75, 3.05) is 0 Å². The Hall–Kier alpha value is -1.90. The van der Waals surface area contributed by atoms with Gasteiger partial charge >= 0.3 is 0 Å². The third-order valence-electron chi connectivity index (χ3n) is 4.84. The average Bonchev–Trinajstić information content (AvgIpc) is 2.59. The highest BCUT2D eigenvalue weighted by atomic mass is 16.3. The Morgan fingerprint density at radius 2 is 1.96 bits per heavy atom. The van der Waals surface area contributed by atoms with Crippen LogP contribution in [0.3, 0.4) is 0 Å². The minimum atomic E-state index is 0.276. The molecule has 3 nitrogen and oxygen atoms in total. The summed E-state index contributed by atoms with van der Waals surface area (Å²) in [6.45, 7) is 2.26. The first-order chi connectivity index (χ1) is 11.3. The van der Waals surface area contributed by atoms with Crippen molar-refractivity contribution in [1.29, 1.82) is 0 Å². The third-order valence-corrected chi connectivity index (χ3v) is 4.84. The number of benzene rings is 1. The first-order valence-corrected chi connectivity index (χ1v) is 8.90. The lowest BCUT2D eigenvalue weighted by Crippen LogP contribution is -2.16. The van der Waals surface area contributed by atoms with E-state index in [4.69, 9.17) is 4.98 Å². The van der Waals surface area contributed by atoms with Crippen molar-refractivity contribution in [3.63, 3.8) is 0 Å². The zero-order valence-electron chi connectivity index (χ0n) is 14.0. The summed E-state index contributed by atoms with van der Waals surface area (Å²) in [4.78, 5) is 9.31. The van der Waals surface area contributed by atoms with Crippen LogP contribution in [-0.2, 0) is 12.8 Å². The van der Waals surface area contributed by atoms with Crippen molar-refractivity contribution < 1.29 is 5.11 Å². The van der Waals surface area contributed by atoms with Crippen molar-refractivity contribution in [3.8, 4) is 17.1 Å². The van der Waals surface area contributed by atoms with Crippen LogP contribution in [0, 0.1) is 5.92 Å². The fourth-order valence-corrected chi connectivity index (χ4v) is 3.44. The SMILES string of the molecule is CCCCCCC1CCc2nc(-c3ccc(O)cc3)ncc2C1. The van der Waals surface area contributed by atoms with Gasteiger partial charge in [0.2, 0.25) is 0 Å². The van der Waals surface area contributed by atoms with E-state index in [1.165, 1.54) is 49.8 Å². The quantitative estimate of drug-likeness (QED) is 0.770. The Balaban J connectivity index is 1.65. The first-order valence-electron chi connectivity index (χ1n) is 8.90. The molecule has 1 aliphatic carbocycles. The summed E-state index contributed by atoms with van der Waals surface area (Å²) in [5, 5.41) is 9.39. The highest BCUT2D eigenvalue weighted by Crippen LogP contribution is 2.29. The van der Waals surface area contributed by atoms with E-state index in [1.807, 2.05) is 18.3 Å². The van der Waals surface area contributed by atoms with Crippen LogP contribution in [-0.4, -0.2) is 15.1 Å². The van der Waals surface area contributed by atoms with Gasteiger partial charge in [-0.3, -0.25) is 0 Å². The molecule has 0 bridgehead atoms. The molecule has 122 valence electrons. The number of unbranched alkanes of at least 4 members (excludes halogenated alkanes) is 3. The van der Waals surface area contributed by atoms with Crippen LogP contribution in [0.25, 0.3) is 11.4 Å². The summed E-state index contributed by atoms with van der Waals surface area (Å²) in [6.07, 6.45) is 12.2. The molecule has 0 saturated heterocycles. The highest BCUT2D eigenvalue weighted by Gasteiger charge is 2.20. The van der Waals surface area contributed by atoms with Gasteiger partial charge in [-0.25, -0.2) is 9.97 Å². The first kappa shape index (κ1) is 16.0. The Morgan fingerprint density at radius 1 is 1.13 bits per heavy atom. The molecule has 2 aromatic rings. The van der Waals surface area contributed by atoms with E-state index in [0.717, 1.165) is 30.1 Å². The van der Waals surface area contributed by atoms with Gasteiger partial charge in [0.25, 0.3) is 0 Å². The molecule has 0 aliphatic heterocycles. The Kier molecular flexibility index (Phi) is 5.27. The van der Waals surface area contributed by atoms with Crippen molar-refractivity contribution in [2.45, 2.75) is 58.3 Å². The highest BCUT2D eigenvalue weighted by molar-refractivity contribution is 5.56. The normalized spacial score (nSPS) is 17.0. The fraction of sp³-hybridized carbons (Fsp3) is 0.500. The van der Waals surface area contributed by atoms with Crippen LogP contribution in [0.4, 0.5) is 0 Å². The zero-order chi connectivity index (χ0) is 16.1. The number of nitrogens with zero attached hydrogens (tertiary/aromatic N) is 2. The largest absolute Gasteiger partial charge is 0.508 e. The van der Waals surface area contributed by atoms with Crippen LogP contribution >= 0.6 is 0 Å². The lowest BCUT2D eigenvalue weighted by molar-refractivity contribution is 0.401. The second-order valence-corrected chi connectivity index (χ2v) is 6.67. The standard InChI is InChI=1S/C20H26N2O/c1-2-3-4-5-6-15-7-12-19-17(13-15)14-21-20(22-19)16-8-10-18(23)11-9-16/h8-11,14-15,23H,2-7,12-13H2,1H3. The van der Waals surface area contributed by atoms with E-state index in [-0.39, 0.29) is 5.75 Å². The number of phenols is 1. The van der Waals surface area contributed by atoms with Gasteiger partial charge in [0.1, 0.15) is 5.75 Å². The number of fused-ring (bicyclic) bond motifs is 1. The monoisotopic (exact) mass is 310 g/mol. The summed E-state index contributed by atoms with van der Waals surface area (Å²) >= 11 is 0. The number of aryl methyl sites for hydroxylation is 1. The van der Waals surface area contributed by atoms with Crippen molar-refractivity contribution in [1.82, 2.24) is 9.97 Å². The predicted molar refractivity (Wildman–Crippen MR) is 93.4 cm³/mol. The summed E-state index contributed by atoms with van der Waals surface area (Å²) in [5.74, 6) is 1.85. The van der Waals surface area contributed by atoms with Gasteiger partial charge < -0.3 is 5.11 Å². The minimum absolute atomic E-state index is 0.276. The fourth-order valence-electron chi connectivity index (χ4n) is 3.44. The van der Waals surface area contributed by atoms with Crippen LogP contribution in [0.2, 0.25) is 0 Å². The number of phenolic OH excluding ortho intramolecular Hbond substituents is 1. The molecule has 1 aromatic heterocycles. The Morgan fingerprint density at radius 3 is 2.74 bits per heavy atom. The maximum Gasteiger partial charge on any atom is 0.159 e. The summed E-state index contributed by atoms with van der Waals surface area (Å²) in [7, 11) is 0. The topological polar surface area (TPSA) is 46.0 Å². The molecule has 1 heterocycles. The smallest absolute Gasteiger partial charge is 0.159 e. The molecule has 1 N–H and O–H groups in total. The van der Waals surface area contributed by atoms with Crippen LogP contribution in [0.5, 0.6) is 5.75 Å². The van der Waals surface area contributed by atoms with Crippen LogP contribution < -0.4 is 0 Å². The molecule has 3 heteroatoms. The van der Waals surface area contributed by atoms with E-state index < -0.39 is 0 Å². The Labute approximate surface area is 138 Å². The van der Waals surface area contributed by atoms with E-state index in [0.29, 0.717) is 0 Å². The summed E-state index contributed by atoms with van der Waals surface area (Å²) in [5.41, 5.74) is 3.51. The van der Waals surface area contributed by atoms with Gasteiger partial charge in [-0.15, -0.1) is 0 Å². The van der Waals surface area contributed by atoms with Crippen molar-refractivity contribution in [3.05, 3.63) is 41.7 Å². The lowest BCUT2D eigenvalue weighted by atomic mass is 9.84. The van der Waals surface area contributed by atoms with Gasteiger partial charge in [0.15, 0.2) is 5.82 Å². The molecule has 23 heavy (non-hydrogen) atoms.